The van der Waals surface area contributed by atoms with Crippen molar-refractivity contribution in [2.45, 2.75) is 13.0 Å². The van der Waals surface area contributed by atoms with Crippen LogP contribution in [0.3, 0.4) is 0 Å². The smallest absolute Gasteiger partial charge is 0.269 e. The molecule has 5 nitrogen and oxygen atoms in total. The van der Waals surface area contributed by atoms with Crippen LogP contribution >= 0.6 is 0 Å². The first-order chi connectivity index (χ1) is 9.83. The molecule has 1 aliphatic rings. The van der Waals surface area contributed by atoms with Crippen LogP contribution in [0.5, 0.6) is 0 Å². The van der Waals surface area contributed by atoms with Crippen molar-refractivity contribution in [2.75, 3.05) is 19.6 Å². The van der Waals surface area contributed by atoms with Crippen LogP contribution in [0.25, 0.3) is 0 Å². The van der Waals surface area contributed by atoms with Crippen LogP contribution in [0.4, 0.5) is 0 Å². The van der Waals surface area contributed by atoms with Gasteiger partial charge in [-0.05, 0) is 23.6 Å². The van der Waals surface area contributed by atoms with Crippen molar-refractivity contribution in [3.05, 3.63) is 53.3 Å². The van der Waals surface area contributed by atoms with E-state index in [9.17, 15) is 4.79 Å². The normalized spacial score (nSPS) is 14.8. The first-order valence-electron chi connectivity index (χ1n) is 6.89. The summed E-state index contributed by atoms with van der Waals surface area (Å²) in [7, 11) is 0. The van der Waals surface area contributed by atoms with E-state index in [4.69, 9.17) is 0 Å². The Morgan fingerprint density at radius 2 is 2.15 bits per heavy atom. The molecule has 1 amide bonds. The summed E-state index contributed by atoms with van der Waals surface area (Å²) in [6, 6.07) is 10.2. The lowest BCUT2D eigenvalue weighted by atomic mass is 10.00. The molecule has 104 valence electrons. The predicted molar refractivity (Wildman–Crippen MR) is 76.3 cm³/mol. The highest BCUT2D eigenvalue weighted by atomic mass is 16.1. The van der Waals surface area contributed by atoms with E-state index in [2.05, 4.69) is 44.7 Å². The van der Waals surface area contributed by atoms with E-state index in [-0.39, 0.29) is 5.91 Å². The van der Waals surface area contributed by atoms with E-state index < -0.39 is 0 Å². The molecule has 1 aromatic carbocycles. The van der Waals surface area contributed by atoms with Gasteiger partial charge in [-0.3, -0.25) is 14.8 Å². The second kappa shape index (κ2) is 5.88. The molecule has 0 bridgehead atoms. The number of amides is 1. The molecule has 0 atom stereocenters. The molecule has 2 aromatic rings. The number of hydrogen-bond acceptors (Lipinski definition) is 3. The molecule has 3 rings (SSSR count). The van der Waals surface area contributed by atoms with Crippen molar-refractivity contribution in [2.24, 2.45) is 0 Å². The van der Waals surface area contributed by atoms with Crippen molar-refractivity contribution in [3.8, 4) is 0 Å². The second-order valence-electron chi connectivity index (χ2n) is 5.02. The molecular weight excluding hydrogens is 252 g/mol. The molecule has 0 unspecified atom stereocenters. The van der Waals surface area contributed by atoms with Crippen LogP contribution in [0.2, 0.25) is 0 Å². The van der Waals surface area contributed by atoms with Crippen LogP contribution in [0.15, 0.2) is 36.5 Å². The van der Waals surface area contributed by atoms with Crippen molar-refractivity contribution in [1.82, 2.24) is 20.4 Å². The second-order valence-corrected chi connectivity index (χ2v) is 5.02. The number of nitrogens with one attached hydrogen (secondary N) is 2. The third-order valence-corrected chi connectivity index (χ3v) is 3.67. The maximum absolute atomic E-state index is 11.7. The zero-order valence-corrected chi connectivity index (χ0v) is 11.3. The highest BCUT2D eigenvalue weighted by Gasteiger charge is 2.15. The highest BCUT2D eigenvalue weighted by Crippen LogP contribution is 2.17. The summed E-state index contributed by atoms with van der Waals surface area (Å²) >= 11 is 0. The van der Waals surface area contributed by atoms with E-state index in [1.165, 1.54) is 11.1 Å². The molecule has 0 fully saturated rings. The third kappa shape index (κ3) is 2.88. The number of fused-ring (bicyclic) bond motifs is 1. The largest absolute Gasteiger partial charge is 0.349 e. The number of hydrogen-bond donors (Lipinski definition) is 2. The van der Waals surface area contributed by atoms with Crippen molar-refractivity contribution < 1.29 is 4.79 Å². The average molecular weight is 270 g/mol. The predicted octanol–water partition coefficient (Wildman–Crippen LogP) is 1.20. The van der Waals surface area contributed by atoms with Crippen molar-refractivity contribution in [3.63, 3.8) is 0 Å². The standard InChI is InChI=1S/C15H18N4O/c20-15(14-5-7-17-18-14)16-8-10-19-9-6-12-3-1-2-4-13(12)11-19/h1-5,7H,6,8-11H2,(H,16,20)(H,17,18). The van der Waals surface area contributed by atoms with Crippen LogP contribution in [0.1, 0.15) is 21.6 Å². The van der Waals surface area contributed by atoms with E-state index >= 15 is 0 Å². The quantitative estimate of drug-likeness (QED) is 0.877. The summed E-state index contributed by atoms with van der Waals surface area (Å²) in [5, 5.41) is 9.34. The lowest BCUT2D eigenvalue weighted by Crippen LogP contribution is -2.37. The molecule has 1 aromatic heterocycles. The van der Waals surface area contributed by atoms with Gasteiger partial charge < -0.3 is 5.32 Å². The topological polar surface area (TPSA) is 61.0 Å². The summed E-state index contributed by atoms with van der Waals surface area (Å²) in [6.45, 7) is 3.54. The number of carbonyl (C=O) groups excluding carboxylic acids is 1. The molecule has 0 aliphatic carbocycles. The Kier molecular flexibility index (Phi) is 3.78. The minimum atomic E-state index is -0.0973. The van der Waals surface area contributed by atoms with E-state index in [1.54, 1.807) is 12.3 Å². The van der Waals surface area contributed by atoms with Crippen LogP contribution < -0.4 is 5.32 Å². The number of H-pyrrole nitrogens is 1. The molecule has 2 heterocycles. The van der Waals surface area contributed by atoms with Gasteiger partial charge in [0.1, 0.15) is 5.69 Å². The summed E-state index contributed by atoms with van der Waals surface area (Å²) in [4.78, 5) is 14.1. The molecule has 1 aliphatic heterocycles. The first-order valence-corrected chi connectivity index (χ1v) is 6.89. The van der Waals surface area contributed by atoms with Gasteiger partial charge in [0.2, 0.25) is 0 Å². The van der Waals surface area contributed by atoms with Crippen LogP contribution in [-0.4, -0.2) is 40.6 Å². The maximum atomic E-state index is 11.7. The van der Waals surface area contributed by atoms with E-state index in [0.717, 1.165) is 26.1 Å². The van der Waals surface area contributed by atoms with Gasteiger partial charge in [-0.1, -0.05) is 24.3 Å². The van der Waals surface area contributed by atoms with Gasteiger partial charge in [0.15, 0.2) is 0 Å². The van der Waals surface area contributed by atoms with Crippen LogP contribution in [0, 0.1) is 0 Å². The summed E-state index contributed by atoms with van der Waals surface area (Å²) in [5.41, 5.74) is 3.36. The first kappa shape index (κ1) is 12.9. The zero-order valence-electron chi connectivity index (χ0n) is 11.3. The lowest BCUT2D eigenvalue weighted by Gasteiger charge is -2.28. The SMILES string of the molecule is O=C(NCCN1CCc2ccccc2C1)c1ccn[nH]1. The number of aromatic nitrogens is 2. The van der Waals surface area contributed by atoms with Gasteiger partial charge >= 0.3 is 0 Å². The fourth-order valence-corrected chi connectivity index (χ4v) is 2.55. The van der Waals surface area contributed by atoms with Gasteiger partial charge in [0.05, 0.1) is 0 Å². The minimum absolute atomic E-state index is 0.0973. The van der Waals surface area contributed by atoms with Gasteiger partial charge in [-0.2, -0.15) is 5.10 Å². The number of carbonyl (C=O) groups is 1. The van der Waals surface area contributed by atoms with Crippen molar-refractivity contribution in [1.29, 1.82) is 0 Å². The molecule has 0 saturated heterocycles. The minimum Gasteiger partial charge on any atom is -0.349 e. The molecule has 20 heavy (non-hydrogen) atoms. The fourth-order valence-electron chi connectivity index (χ4n) is 2.55. The number of benzene rings is 1. The van der Waals surface area contributed by atoms with Gasteiger partial charge in [-0.15, -0.1) is 0 Å². The average Bonchev–Trinajstić information content (AvgIpc) is 3.01. The monoisotopic (exact) mass is 270 g/mol. The van der Waals surface area contributed by atoms with Crippen LogP contribution in [-0.2, 0) is 13.0 Å². The molecular formula is C15H18N4O. The number of nitrogens with zero attached hydrogens (tertiary/aromatic N) is 2. The van der Waals surface area contributed by atoms with Gasteiger partial charge in [-0.25, -0.2) is 0 Å². The summed E-state index contributed by atoms with van der Waals surface area (Å²) in [5.74, 6) is -0.0973. The Morgan fingerprint density at radius 1 is 1.30 bits per heavy atom. The molecule has 0 spiro atoms. The summed E-state index contributed by atoms with van der Waals surface area (Å²) in [6.07, 6.45) is 2.67. The maximum Gasteiger partial charge on any atom is 0.269 e. The molecule has 5 heteroatoms. The van der Waals surface area contributed by atoms with Gasteiger partial charge in [0, 0.05) is 32.4 Å². The number of rotatable bonds is 4. The Bertz CT molecular complexity index is 579. The number of aromatic amines is 1. The Balaban J connectivity index is 1.47. The zero-order chi connectivity index (χ0) is 13.8. The molecule has 2 N–H and O–H groups in total. The van der Waals surface area contributed by atoms with E-state index in [0.29, 0.717) is 12.2 Å². The third-order valence-electron chi connectivity index (χ3n) is 3.67. The Morgan fingerprint density at radius 3 is 2.95 bits per heavy atom. The molecule has 0 radical (unpaired) electrons. The lowest BCUT2D eigenvalue weighted by molar-refractivity contribution is 0.0942. The molecule has 0 saturated carbocycles. The van der Waals surface area contributed by atoms with Gasteiger partial charge in [0.25, 0.3) is 5.91 Å². The Hall–Kier alpha value is -2.14. The summed E-state index contributed by atoms with van der Waals surface area (Å²) < 4.78 is 0. The van der Waals surface area contributed by atoms with E-state index in [1.807, 2.05) is 0 Å². The van der Waals surface area contributed by atoms with Crippen molar-refractivity contribution >= 4 is 5.91 Å². The Labute approximate surface area is 118 Å². The fraction of sp³-hybridized carbons (Fsp3) is 0.333. The highest BCUT2D eigenvalue weighted by molar-refractivity contribution is 5.92.